The number of aryl methyl sites for hydroxylation is 1. The number of carbonyl (C=O) groups excluding carboxylic acids is 1. The first-order valence-electron chi connectivity index (χ1n) is 10.3. The van der Waals surface area contributed by atoms with Crippen LogP contribution in [0.4, 0.5) is 0 Å². The lowest BCUT2D eigenvalue weighted by Crippen LogP contribution is -2.61. The van der Waals surface area contributed by atoms with Crippen LogP contribution >= 0.6 is 0 Å². The summed E-state index contributed by atoms with van der Waals surface area (Å²) in [5, 5.41) is 0. The van der Waals surface area contributed by atoms with E-state index in [0.29, 0.717) is 6.42 Å². The second kappa shape index (κ2) is 6.77. The molecule has 0 unspecified atom stereocenters. The molecule has 0 N–H and O–H groups in total. The number of hydrogen-bond donors (Lipinski definition) is 0. The zero-order valence-corrected chi connectivity index (χ0v) is 18.6. The van der Waals surface area contributed by atoms with Gasteiger partial charge >= 0.3 is 0 Å². The van der Waals surface area contributed by atoms with Crippen LogP contribution in [0.25, 0.3) is 0 Å². The predicted molar refractivity (Wildman–Crippen MR) is 115 cm³/mol. The van der Waals surface area contributed by atoms with Crippen LogP contribution in [0.2, 0.25) is 0 Å². The Morgan fingerprint density at radius 1 is 0.903 bits per heavy atom. The molecule has 4 atom stereocenters. The number of benzene rings is 2. The van der Waals surface area contributed by atoms with Crippen LogP contribution < -0.4 is 0 Å². The van der Waals surface area contributed by atoms with E-state index < -0.39 is 36.4 Å². The minimum atomic E-state index is -4.06. The Kier molecular flexibility index (Phi) is 4.47. The molecule has 8 heteroatoms. The number of piperidine rings is 1. The van der Waals surface area contributed by atoms with Crippen molar-refractivity contribution in [2.24, 2.45) is 17.8 Å². The van der Waals surface area contributed by atoms with Gasteiger partial charge in [-0.05, 0) is 55.9 Å². The van der Waals surface area contributed by atoms with Crippen molar-refractivity contribution in [1.29, 1.82) is 0 Å². The molecule has 1 heterocycles. The van der Waals surface area contributed by atoms with Gasteiger partial charge < -0.3 is 0 Å². The molecule has 1 saturated heterocycles. The molecule has 2 aliphatic carbocycles. The monoisotopic (exact) mass is 457 g/mol. The molecular formula is C23H23NO5S2. The molecule has 162 valence electrons. The summed E-state index contributed by atoms with van der Waals surface area (Å²) in [7, 11) is -7.91. The van der Waals surface area contributed by atoms with E-state index in [1.165, 1.54) is 12.1 Å². The summed E-state index contributed by atoms with van der Waals surface area (Å²) in [5.74, 6) is -2.07. The molecule has 0 radical (unpaired) electrons. The van der Waals surface area contributed by atoms with Crippen molar-refractivity contribution in [2.75, 3.05) is 6.54 Å². The van der Waals surface area contributed by atoms with Gasteiger partial charge in [-0.3, -0.25) is 4.79 Å². The first-order chi connectivity index (χ1) is 14.7. The number of sulfonamides is 1. The third-order valence-corrected chi connectivity index (χ3v) is 11.5. The Morgan fingerprint density at radius 2 is 1.58 bits per heavy atom. The van der Waals surface area contributed by atoms with Crippen molar-refractivity contribution >= 4 is 25.8 Å². The third kappa shape index (κ3) is 2.70. The molecule has 1 amide bonds. The molecule has 2 fully saturated rings. The van der Waals surface area contributed by atoms with Crippen LogP contribution in [0.3, 0.4) is 0 Å². The highest BCUT2D eigenvalue weighted by Crippen LogP contribution is 2.60. The average Bonchev–Trinajstić information content (AvgIpc) is 3.36. The summed E-state index contributed by atoms with van der Waals surface area (Å²) >= 11 is 0. The van der Waals surface area contributed by atoms with E-state index in [1.54, 1.807) is 42.5 Å². The first-order valence-corrected chi connectivity index (χ1v) is 13.2. The molecule has 0 spiro atoms. The van der Waals surface area contributed by atoms with Gasteiger partial charge in [-0.25, -0.2) is 21.1 Å². The number of allylic oxidation sites excluding steroid dienone is 2. The second-order valence-electron chi connectivity index (χ2n) is 8.62. The van der Waals surface area contributed by atoms with E-state index in [2.05, 4.69) is 0 Å². The highest BCUT2D eigenvalue weighted by molar-refractivity contribution is 7.93. The Balaban J connectivity index is 1.60. The van der Waals surface area contributed by atoms with Crippen molar-refractivity contribution in [1.82, 2.24) is 4.31 Å². The molecule has 6 nitrogen and oxygen atoms in total. The first kappa shape index (κ1) is 20.5. The lowest BCUT2D eigenvalue weighted by Gasteiger charge is -2.46. The zero-order valence-electron chi connectivity index (χ0n) is 17.0. The maximum absolute atomic E-state index is 13.8. The number of hydrogen-bond acceptors (Lipinski definition) is 5. The summed E-state index contributed by atoms with van der Waals surface area (Å²) in [6.45, 7) is 1.71. The van der Waals surface area contributed by atoms with Gasteiger partial charge in [-0.1, -0.05) is 48.0 Å². The zero-order chi connectivity index (χ0) is 22.0. The van der Waals surface area contributed by atoms with Gasteiger partial charge in [0.15, 0.2) is 9.84 Å². The fourth-order valence-corrected chi connectivity index (χ4v) is 9.51. The van der Waals surface area contributed by atoms with E-state index in [9.17, 15) is 21.6 Å². The molecule has 31 heavy (non-hydrogen) atoms. The SMILES string of the molecule is Cc1ccc(S(=O)(=O)N2CC[C@]3(S(=O)(=O)c4ccccc4)[C@@H]4C=C[C@@H](C4)[C@@H]3C2=O)cc1. The quantitative estimate of drug-likeness (QED) is 0.659. The van der Waals surface area contributed by atoms with Crippen molar-refractivity contribution in [3.05, 3.63) is 72.3 Å². The number of fused-ring (bicyclic) bond motifs is 5. The number of carbonyl (C=O) groups is 1. The minimum Gasteiger partial charge on any atom is -0.273 e. The maximum Gasteiger partial charge on any atom is 0.266 e. The Hall–Kier alpha value is -2.45. The van der Waals surface area contributed by atoms with E-state index in [0.717, 1.165) is 9.87 Å². The van der Waals surface area contributed by atoms with Crippen molar-refractivity contribution in [3.63, 3.8) is 0 Å². The van der Waals surface area contributed by atoms with Crippen molar-refractivity contribution in [2.45, 2.75) is 34.3 Å². The molecule has 1 saturated carbocycles. The van der Waals surface area contributed by atoms with Crippen LogP contribution in [0, 0.1) is 24.7 Å². The van der Waals surface area contributed by atoms with Crippen molar-refractivity contribution < 1.29 is 21.6 Å². The lowest BCUT2D eigenvalue weighted by molar-refractivity contribution is -0.135. The summed E-state index contributed by atoms with van der Waals surface area (Å²) < 4.78 is 53.8. The number of sulfone groups is 1. The van der Waals surface area contributed by atoms with Crippen LogP contribution in [-0.4, -0.2) is 38.3 Å². The van der Waals surface area contributed by atoms with Gasteiger partial charge in [0, 0.05) is 6.54 Å². The second-order valence-corrected chi connectivity index (χ2v) is 12.7. The summed E-state index contributed by atoms with van der Waals surface area (Å²) in [6.07, 6.45) is 4.44. The fourth-order valence-electron chi connectivity index (χ4n) is 5.60. The smallest absolute Gasteiger partial charge is 0.266 e. The van der Waals surface area contributed by atoms with Crippen molar-refractivity contribution in [3.8, 4) is 0 Å². The molecule has 2 aromatic rings. The van der Waals surface area contributed by atoms with E-state index >= 15 is 0 Å². The minimum absolute atomic E-state index is 0.0450. The molecule has 0 aromatic heterocycles. The normalized spacial score (nSPS) is 29.9. The van der Waals surface area contributed by atoms with Gasteiger partial charge in [0.25, 0.3) is 10.0 Å². The van der Waals surface area contributed by atoms with Gasteiger partial charge in [0.05, 0.1) is 20.5 Å². The summed E-state index contributed by atoms with van der Waals surface area (Å²) in [4.78, 5) is 13.8. The van der Waals surface area contributed by atoms with Crippen LogP contribution in [0.5, 0.6) is 0 Å². The summed E-state index contributed by atoms with van der Waals surface area (Å²) in [6, 6.07) is 14.5. The largest absolute Gasteiger partial charge is 0.273 e. The number of nitrogens with zero attached hydrogens (tertiary/aromatic N) is 1. The van der Waals surface area contributed by atoms with Gasteiger partial charge in [0.2, 0.25) is 5.91 Å². The van der Waals surface area contributed by atoms with E-state index in [1.807, 2.05) is 19.1 Å². The van der Waals surface area contributed by atoms with E-state index in [4.69, 9.17) is 0 Å². The lowest BCUT2D eigenvalue weighted by atomic mass is 9.77. The number of rotatable bonds is 4. The topological polar surface area (TPSA) is 88.6 Å². The maximum atomic E-state index is 13.8. The average molecular weight is 458 g/mol. The molecule has 3 aliphatic rings. The van der Waals surface area contributed by atoms with Crippen LogP contribution in [-0.2, 0) is 24.7 Å². The molecule has 5 rings (SSSR count). The standard InChI is InChI=1S/C23H23NO5S2/c1-16-7-11-20(12-8-16)31(28,29)24-14-13-23(30(26,27)19-5-3-2-4-6-19)18-10-9-17(15-18)21(23)22(24)25/h2-12,17-18,21H,13-15H2,1H3/t17-,18+,21+,23-/m0/s1. The molecule has 2 aromatic carbocycles. The number of amides is 1. The van der Waals surface area contributed by atoms with Gasteiger partial charge in [-0.15, -0.1) is 0 Å². The third-order valence-electron chi connectivity index (χ3n) is 7.08. The van der Waals surface area contributed by atoms with Crippen LogP contribution in [0.15, 0.2) is 76.5 Å². The van der Waals surface area contributed by atoms with Crippen LogP contribution in [0.1, 0.15) is 18.4 Å². The highest BCUT2D eigenvalue weighted by atomic mass is 32.2. The van der Waals surface area contributed by atoms with Gasteiger partial charge in [-0.2, -0.15) is 0 Å². The fraction of sp³-hybridized carbons (Fsp3) is 0.348. The van der Waals surface area contributed by atoms with E-state index in [-0.39, 0.29) is 34.6 Å². The summed E-state index contributed by atoms with van der Waals surface area (Å²) in [5.41, 5.74) is 0.912. The Labute approximate surface area is 182 Å². The Morgan fingerprint density at radius 3 is 2.26 bits per heavy atom. The Bertz CT molecular complexity index is 1280. The molecule has 1 aliphatic heterocycles. The molecule has 2 bridgehead atoms. The van der Waals surface area contributed by atoms with Gasteiger partial charge in [0.1, 0.15) is 0 Å². The highest BCUT2D eigenvalue weighted by Gasteiger charge is 2.68. The molecular weight excluding hydrogens is 434 g/mol. The predicted octanol–water partition coefficient (Wildman–Crippen LogP) is 2.95.